The summed E-state index contributed by atoms with van der Waals surface area (Å²) in [6, 6.07) is 0. The fraction of sp³-hybridized carbons (Fsp3) is 0.857. The highest BCUT2D eigenvalue weighted by Crippen LogP contribution is 2.04. The van der Waals surface area contributed by atoms with Crippen LogP contribution in [0.5, 0.6) is 0 Å². The number of ether oxygens (including phenoxy) is 1. The molecule has 0 rings (SSSR count). The zero-order chi connectivity index (χ0) is 7.28. The molecule has 0 aromatic carbocycles. The first-order valence-corrected chi connectivity index (χ1v) is 3.18. The zero-order valence-electron chi connectivity index (χ0n) is 6.26. The normalized spacial score (nSPS) is 16.8. The van der Waals surface area contributed by atoms with E-state index in [1.807, 2.05) is 13.8 Å². The maximum Gasteiger partial charge on any atom is 0.122 e. The number of hydrogen-bond acceptors (Lipinski definition) is 2. The van der Waals surface area contributed by atoms with Crippen LogP contribution >= 0.6 is 0 Å². The highest BCUT2D eigenvalue weighted by Gasteiger charge is 2.04. The Labute approximate surface area is 56.2 Å². The molecule has 0 aromatic heterocycles. The molecule has 0 N–H and O–H groups in total. The van der Waals surface area contributed by atoms with E-state index in [1.54, 1.807) is 7.11 Å². The topological polar surface area (TPSA) is 26.3 Å². The van der Waals surface area contributed by atoms with Crippen LogP contribution in [0.4, 0.5) is 0 Å². The van der Waals surface area contributed by atoms with Crippen molar-refractivity contribution in [1.29, 1.82) is 0 Å². The summed E-state index contributed by atoms with van der Waals surface area (Å²) in [5.41, 5.74) is 0. The molecule has 0 saturated heterocycles. The lowest BCUT2D eigenvalue weighted by Gasteiger charge is -2.09. The molecule has 2 atom stereocenters. The Morgan fingerprint density at radius 3 is 2.44 bits per heavy atom. The third-order valence-corrected chi connectivity index (χ3v) is 1.34. The van der Waals surface area contributed by atoms with Gasteiger partial charge in [0.1, 0.15) is 6.29 Å². The summed E-state index contributed by atoms with van der Waals surface area (Å²) in [4.78, 5) is 10.1. The Balaban J connectivity index is 3.33. The van der Waals surface area contributed by atoms with Crippen molar-refractivity contribution in [3.05, 3.63) is 0 Å². The second-order valence-electron chi connectivity index (χ2n) is 2.40. The summed E-state index contributed by atoms with van der Waals surface area (Å²) in [6.45, 7) is 3.85. The van der Waals surface area contributed by atoms with Crippen molar-refractivity contribution in [3.63, 3.8) is 0 Å². The number of hydrogen-bond donors (Lipinski definition) is 0. The number of methoxy groups -OCH3 is 1. The maximum absolute atomic E-state index is 10.1. The summed E-state index contributed by atoms with van der Waals surface area (Å²) < 4.78 is 4.96. The van der Waals surface area contributed by atoms with Gasteiger partial charge >= 0.3 is 0 Å². The summed E-state index contributed by atoms with van der Waals surface area (Å²) in [5.74, 6) is 0.125. The summed E-state index contributed by atoms with van der Waals surface area (Å²) in [6.07, 6.45) is 1.97. The molecule has 0 radical (unpaired) electrons. The molecule has 0 aliphatic carbocycles. The summed E-state index contributed by atoms with van der Waals surface area (Å²) in [5, 5.41) is 0. The number of carbonyl (C=O) groups excluding carboxylic acids is 1. The molecule has 0 fully saturated rings. The lowest BCUT2D eigenvalue weighted by molar-refractivity contribution is -0.111. The third-order valence-electron chi connectivity index (χ3n) is 1.34. The number of aldehydes is 1. The molecule has 0 heterocycles. The molecule has 2 heteroatoms. The molecule has 2 nitrogen and oxygen atoms in total. The van der Waals surface area contributed by atoms with Gasteiger partial charge in [-0.1, -0.05) is 6.92 Å². The molecule has 0 aliphatic heterocycles. The quantitative estimate of drug-likeness (QED) is 0.535. The van der Waals surface area contributed by atoms with Crippen LogP contribution in [-0.4, -0.2) is 19.5 Å². The van der Waals surface area contributed by atoms with Crippen LogP contribution in [0.3, 0.4) is 0 Å². The van der Waals surface area contributed by atoms with E-state index in [2.05, 4.69) is 0 Å². The van der Waals surface area contributed by atoms with E-state index in [9.17, 15) is 4.79 Å². The van der Waals surface area contributed by atoms with Crippen LogP contribution in [0.1, 0.15) is 20.3 Å². The van der Waals surface area contributed by atoms with Gasteiger partial charge in [0.25, 0.3) is 0 Å². The first kappa shape index (κ1) is 8.63. The molecular weight excluding hydrogens is 116 g/mol. The first-order chi connectivity index (χ1) is 4.20. The van der Waals surface area contributed by atoms with E-state index in [4.69, 9.17) is 4.74 Å². The lowest BCUT2D eigenvalue weighted by Crippen LogP contribution is -2.10. The fourth-order valence-corrected chi connectivity index (χ4v) is 0.675. The molecule has 0 spiro atoms. The Morgan fingerprint density at radius 2 is 2.11 bits per heavy atom. The molecule has 0 aromatic rings. The highest BCUT2D eigenvalue weighted by molar-refractivity contribution is 5.52. The summed E-state index contributed by atoms with van der Waals surface area (Å²) >= 11 is 0. The molecular formula is C7H14O2. The van der Waals surface area contributed by atoms with E-state index in [1.165, 1.54) is 0 Å². The second-order valence-corrected chi connectivity index (χ2v) is 2.40. The Hall–Kier alpha value is -0.370. The molecule has 0 amide bonds. The average Bonchev–Trinajstić information content (AvgIpc) is 1.87. The predicted molar refractivity (Wildman–Crippen MR) is 36.3 cm³/mol. The van der Waals surface area contributed by atoms with E-state index >= 15 is 0 Å². The van der Waals surface area contributed by atoms with E-state index in [0.717, 1.165) is 12.7 Å². The van der Waals surface area contributed by atoms with Crippen LogP contribution in [0.2, 0.25) is 0 Å². The SMILES string of the molecule is CO[C@H](C)C[C@H](C)C=O. The van der Waals surface area contributed by atoms with Gasteiger partial charge < -0.3 is 9.53 Å². The van der Waals surface area contributed by atoms with Gasteiger partial charge in [0.05, 0.1) is 6.10 Å². The van der Waals surface area contributed by atoms with Crippen LogP contribution in [0.15, 0.2) is 0 Å². The zero-order valence-corrected chi connectivity index (χ0v) is 6.26. The van der Waals surface area contributed by atoms with Crippen LogP contribution in [-0.2, 0) is 9.53 Å². The standard InChI is InChI=1S/C7H14O2/c1-6(5-8)4-7(2)9-3/h5-7H,4H2,1-3H3/t6-,7+/m0/s1. The lowest BCUT2D eigenvalue weighted by atomic mass is 10.1. The minimum absolute atomic E-state index is 0.125. The van der Waals surface area contributed by atoms with Crippen molar-refractivity contribution in [1.82, 2.24) is 0 Å². The van der Waals surface area contributed by atoms with E-state index in [-0.39, 0.29) is 12.0 Å². The highest BCUT2D eigenvalue weighted by atomic mass is 16.5. The Bertz CT molecular complexity index is 81.0. The van der Waals surface area contributed by atoms with Crippen LogP contribution < -0.4 is 0 Å². The Kier molecular flexibility index (Phi) is 4.32. The molecule has 0 saturated carbocycles. The predicted octanol–water partition coefficient (Wildman–Crippen LogP) is 1.25. The van der Waals surface area contributed by atoms with E-state index < -0.39 is 0 Å². The van der Waals surface area contributed by atoms with Crippen LogP contribution in [0.25, 0.3) is 0 Å². The van der Waals surface area contributed by atoms with Crippen molar-refractivity contribution in [3.8, 4) is 0 Å². The fourth-order valence-electron chi connectivity index (χ4n) is 0.675. The first-order valence-electron chi connectivity index (χ1n) is 3.18. The van der Waals surface area contributed by atoms with Crippen molar-refractivity contribution in [2.45, 2.75) is 26.4 Å². The number of carbonyl (C=O) groups is 1. The third kappa shape index (κ3) is 4.15. The van der Waals surface area contributed by atoms with Crippen molar-refractivity contribution >= 4 is 6.29 Å². The van der Waals surface area contributed by atoms with Crippen molar-refractivity contribution in [2.75, 3.05) is 7.11 Å². The second kappa shape index (κ2) is 4.50. The van der Waals surface area contributed by atoms with Crippen LogP contribution in [0, 0.1) is 5.92 Å². The van der Waals surface area contributed by atoms with Crippen molar-refractivity contribution in [2.24, 2.45) is 5.92 Å². The van der Waals surface area contributed by atoms with Gasteiger partial charge in [0.15, 0.2) is 0 Å². The van der Waals surface area contributed by atoms with E-state index in [0.29, 0.717) is 0 Å². The number of rotatable bonds is 4. The van der Waals surface area contributed by atoms with Gasteiger partial charge in [0.2, 0.25) is 0 Å². The average molecular weight is 130 g/mol. The minimum Gasteiger partial charge on any atom is -0.382 e. The maximum atomic E-state index is 10.1. The molecule has 0 unspecified atom stereocenters. The van der Waals surface area contributed by atoms with Gasteiger partial charge in [-0.15, -0.1) is 0 Å². The van der Waals surface area contributed by atoms with Gasteiger partial charge in [-0.25, -0.2) is 0 Å². The van der Waals surface area contributed by atoms with Crippen molar-refractivity contribution < 1.29 is 9.53 Å². The van der Waals surface area contributed by atoms with Gasteiger partial charge in [-0.3, -0.25) is 0 Å². The molecule has 9 heavy (non-hydrogen) atoms. The van der Waals surface area contributed by atoms with Gasteiger partial charge in [-0.05, 0) is 13.3 Å². The largest absolute Gasteiger partial charge is 0.382 e. The minimum atomic E-state index is 0.125. The molecule has 0 bridgehead atoms. The smallest absolute Gasteiger partial charge is 0.122 e. The molecule has 54 valence electrons. The Morgan fingerprint density at radius 1 is 1.56 bits per heavy atom. The monoisotopic (exact) mass is 130 g/mol. The van der Waals surface area contributed by atoms with Gasteiger partial charge in [-0.2, -0.15) is 0 Å². The molecule has 0 aliphatic rings. The van der Waals surface area contributed by atoms with Gasteiger partial charge in [0, 0.05) is 13.0 Å². The summed E-state index contributed by atoms with van der Waals surface area (Å²) in [7, 11) is 1.65.